The molecule has 0 spiro atoms. The Bertz CT molecular complexity index is 314. The van der Waals surface area contributed by atoms with Gasteiger partial charge < -0.3 is 15.5 Å². The molecule has 0 aromatic carbocycles. The molecule has 4 nitrogen and oxygen atoms in total. The number of piperidine rings is 1. The third-order valence-electron chi connectivity index (χ3n) is 4.97. The van der Waals surface area contributed by atoms with Gasteiger partial charge in [0, 0.05) is 37.6 Å². The average Bonchev–Trinajstić information content (AvgIpc) is 2.29. The van der Waals surface area contributed by atoms with E-state index in [4.69, 9.17) is 5.73 Å². The van der Waals surface area contributed by atoms with Crippen molar-refractivity contribution in [2.75, 3.05) is 20.6 Å². The fourth-order valence-electron chi connectivity index (χ4n) is 3.05. The molecular formula is C14H27N3O. The molecule has 1 saturated heterocycles. The molecular weight excluding hydrogens is 226 g/mol. The van der Waals surface area contributed by atoms with Gasteiger partial charge in [0.25, 0.3) is 0 Å². The Morgan fingerprint density at radius 2 is 2.17 bits per heavy atom. The van der Waals surface area contributed by atoms with E-state index in [-0.39, 0.29) is 11.4 Å². The molecule has 4 heteroatoms. The summed E-state index contributed by atoms with van der Waals surface area (Å²) in [4.78, 5) is 16.6. The van der Waals surface area contributed by atoms with E-state index in [1.807, 2.05) is 11.9 Å². The van der Waals surface area contributed by atoms with E-state index in [9.17, 15) is 4.79 Å². The molecule has 2 N–H and O–H groups in total. The van der Waals surface area contributed by atoms with Gasteiger partial charge in [0.1, 0.15) is 0 Å². The highest BCUT2D eigenvalue weighted by molar-refractivity contribution is 5.77. The van der Waals surface area contributed by atoms with Crippen molar-refractivity contribution in [2.45, 2.75) is 63.1 Å². The van der Waals surface area contributed by atoms with Crippen molar-refractivity contribution in [3.63, 3.8) is 0 Å². The normalized spacial score (nSPS) is 31.8. The second-order valence-corrected chi connectivity index (χ2v) is 6.41. The Labute approximate surface area is 110 Å². The van der Waals surface area contributed by atoms with Crippen LogP contribution in [0.4, 0.5) is 0 Å². The Kier molecular flexibility index (Phi) is 3.97. The quantitative estimate of drug-likeness (QED) is 0.822. The summed E-state index contributed by atoms with van der Waals surface area (Å²) in [5.41, 5.74) is 5.97. The number of amides is 1. The molecule has 2 fully saturated rings. The number of carbonyl (C=O) groups excluding carboxylic acids is 1. The molecule has 0 aromatic heterocycles. The molecule has 1 aliphatic heterocycles. The number of likely N-dealkylation sites (tertiary alicyclic amines) is 1. The zero-order valence-electron chi connectivity index (χ0n) is 12.0. The molecule has 0 radical (unpaired) electrons. The van der Waals surface area contributed by atoms with Gasteiger partial charge in [0.15, 0.2) is 0 Å². The maximum absolute atomic E-state index is 12.3. The van der Waals surface area contributed by atoms with E-state index < -0.39 is 0 Å². The fourth-order valence-corrected chi connectivity index (χ4v) is 3.05. The first kappa shape index (κ1) is 13.8. The Hall–Kier alpha value is -0.610. The van der Waals surface area contributed by atoms with Gasteiger partial charge in [-0.2, -0.15) is 0 Å². The molecule has 1 saturated carbocycles. The van der Waals surface area contributed by atoms with Crippen molar-refractivity contribution in [3.05, 3.63) is 0 Å². The lowest BCUT2D eigenvalue weighted by Gasteiger charge is -2.42. The van der Waals surface area contributed by atoms with Crippen LogP contribution in [0.3, 0.4) is 0 Å². The first-order chi connectivity index (χ1) is 8.41. The summed E-state index contributed by atoms with van der Waals surface area (Å²) in [6, 6.07) is 0.960. The fraction of sp³-hybridized carbons (Fsp3) is 0.929. The summed E-state index contributed by atoms with van der Waals surface area (Å²) in [5, 5.41) is 0. The lowest BCUT2D eigenvalue weighted by molar-refractivity contribution is -0.135. The minimum Gasteiger partial charge on any atom is -0.343 e. The lowest BCUT2D eigenvalue weighted by atomic mass is 9.75. The Morgan fingerprint density at radius 3 is 2.67 bits per heavy atom. The van der Waals surface area contributed by atoms with Crippen LogP contribution in [0.5, 0.6) is 0 Å². The second kappa shape index (κ2) is 5.17. The SMILES string of the molecule is C[C@H]1C[C@H](N(C)C(=O)CC2(N)CCC2)CCN1C. The maximum atomic E-state index is 12.3. The molecule has 2 rings (SSSR count). The molecule has 18 heavy (non-hydrogen) atoms. The lowest BCUT2D eigenvalue weighted by Crippen LogP contribution is -2.53. The zero-order chi connectivity index (χ0) is 13.3. The summed E-state index contributed by atoms with van der Waals surface area (Å²) < 4.78 is 0. The topological polar surface area (TPSA) is 49.6 Å². The van der Waals surface area contributed by atoms with Crippen molar-refractivity contribution in [3.8, 4) is 0 Å². The van der Waals surface area contributed by atoms with Crippen LogP contribution in [-0.4, -0.2) is 54.0 Å². The average molecular weight is 253 g/mol. The number of nitrogens with zero attached hydrogens (tertiary/aromatic N) is 2. The smallest absolute Gasteiger partial charge is 0.224 e. The highest BCUT2D eigenvalue weighted by Gasteiger charge is 2.37. The van der Waals surface area contributed by atoms with Crippen LogP contribution < -0.4 is 5.73 Å². The zero-order valence-corrected chi connectivity index (χ0v) is 12.0. The molecule has 0 bridgehead atoms. The Balaban J connectivity index is 1.86. The first-order valence-corrected chi connectivity index (χ1v) is 7.16. The van der Waals surface area contributed by atoms with Crippen LogP contribution >= 0.6 is 0 Å². The van der Waals surface area contributed by atoms with E-state index in [0.29, 0.717) is 18.5 Å². The van der Waals surface area contributed by atoms with Gasteiger partial charge in [-0.15, -0.1) is 0 Å². The van der Waals surface area contributed by atoms with Gasteiger partial charge in [-0.1, -0.05) is 0 Å². The van der Waals surface area contributed by atoms with Gasteiger partial charge in [-0.3, -0.25) is 4.79 Å². The van der Waals surface area contributed by atoms with Crippen LogP contribution in [0.1, 0.15) is 45.4 Å². The molecule has 2 atom stereocenters. The van der Waals surface area contributed by atoms with Crippen LogP contribution in [0.2, 0.25) is 0 Å². The highest BCUT2D eigenvalue weighted by atomic mass is 16.2. The van der Waals surface area contributed by atoms with Gasteiger partial charge in [0.05, 0.1) is 0 Å². The number of hydrogen-bond acceptors (Lipinski definition) is 3. The monoisotopic (exact) mass is 253 g/mol. The van der Waals surface area contributed by atoms with Crippen molar-refractivity contribution < 1.29 is 4.79 Å². The molecule has 0 unspecified atom stereocenters. The van der Waals surface area contributed by atoms with E-state index in [0.717, 1.165) is 32.2 Å². The molecule has 104 valence electrons. The van der Waals surface area contributed by atoms with Gasteiger partial charge >= 0.3 is 0 Å². The predicted octanol–water partition coefficient (Wildman–Crippen LogP) is 1.20. The van der Waals surface area contributed by atoms with Crippen LogP contribution in [0.15, 0.2) is 0 Å². The molecule has 0 aromatic rings. The summed E-state index contributed by atoms with van der Waals surface area (Å²) in [5.74, 6) is 0.235. The van der Waals surface area contributed by atoms with E-state index in [1.165, 1.54) is 6.42 Å². The summed E-state index contributed by atoms with van der Waals surface area (Å²) in [7, 11) is 4.11. The summed E-state index contributed by atoms with van der Waals surface area (Å²) in [6.07, 6.45) is 5.90. The third-order valence-corrected chi connectivity index (χ3v) is 4.97. The largest absolute Gasteiger partial charge is 0.343 e. The van der Waals surface area contributed by atoms with Crippen molar-refractivity contribution in [2.24, 2.45) is 5.73 Å². The molecule has 1 aliphatic carbocycles. The minimum atomic E-state index is -0.192. The van der Waals surface area contributed by atoms with Gasteiger partial charge in [-0.05, 0) is 46.1 Å². The maximum Gasteiger partial charge on any atom is 0.224 e. The minimum absolute atomic E-state index is 0.192. The van der Waals surface area contributed by atoms with Crippen molar-refractivity contribution in [1.82, 2.24) is 9.80 Å². The van der Waals surface area contributed by atoms with Gasteiger partial charge in [0.2, 0.25) is 5.91 Å². The molecule has 2 aliphatic rings. The van der Waals surface area contributed by atoms with E-state index >= 15 is 0 Å². The number of rotatable bonds is 3. The number of carbonyl (C=O) groups is 1. The van der Waals surface area contributed by atoms with E-state index in [2.05, 4.69) is 18.9 Å². The second-order valence-electron chi connectivity index (χ2n) is 6.41. The van der Waals surface area contributed by atoms with E-state index in [1.54, 1.807) is 0 Å². The Morgan fingerprint density at radius 1 is 1.50 bits per heavy atom. The molecule has 1 heterocycles. The third kappa shape index (κ3) is 2.86. The van der Waals surface area contributed by atoms with Crippen molar-refractivity contribution >= 4 is 5.91 Å². The number of nitrogens with two attached hydrogens (primary N) is 1. The number of hydrogen-bond donors (Lipinski definition) is 1. The van der Waals surface area contributed by atoms with Crippen LogP contribution in [-0.2, 0) is 4.79 Å². The summed E-state index contributed by atoms with van der Waals surface area (Å²) in [6.45, 7) is 3.32. The predicted molar refractivity (Wildman–Crippen MR) is 73.3 cm³/mol. The van der Waals surface area contributed by atoms with Crippen LogP contribution in [0.25, 0.3) is 0 Å². The summed E-state index contributed by atoms with van der Waals surface area (Å²) >= 11 is 0. The van der Waals surface area contributed by atoms with Crippen LogP contribution in [0, 0.1) is 0 Å². The molecule has 1 amide bonds. The van der Waals surface area contributed by atoms with Crippen molar-refractivity contribution in [1.29, 1.82) is 0 Å². The van der Waals surface area contributed by atoms with Gasteiger partial charge in [-0.25, -0.2) is 0 Å². The highest BCUT2D eigenvalue weighted by Crippen LogP contribution is 2.33. The standard InChI is InChI=1S/C14H27N3O/c1-11-9-12(5-8-16(11)2)17(3)13(18)10-14(15)6-4-7-14/h11-12H,4-10,15H2,1-3H3/t11-,12+/m0/s1. The first-order valence-electron chi connectivity index (χ1n) is 7.16.